The lowest BCUT2D eigenvalue weighted by Crippen LogP contribution is -2.46. The van der Waals surface area contributed by atoms with Crippen LogP contribution in [0.2, 0.25) is 0 Å². The zero-order valence-corrected chi connectivity index (χ0v) is 34.6. The third-order valence-corrected chi connectivity index (χ3v) is 10.6. The minimum absolute atomic E-state index is 0.0458. The van der Waals surface area contributed by atoms with Crippen LogP contribution >= 0.6 is 7.82 Å². The standard InChI is InChI=1S/C42H83N2O7P/c1-3-5-7-9-11-13-14-15-16-17-18-19-20-21-22-23-24-26-28-30-32-34-41(46)40(38-51-52(48,49)50-36-35-43)44-42(47)37-39(45)33-31-29-27-25-12-10-8-6-4-2/h24,26,32,34,39-41,45-46H,3-23,25,27-31,33,35-38,43H2,1-2H3,(H,44,47)(H,48,49)/b26-24+,34-32+. The van der Waals surface area contributed by atoms with Crippen molar-refractivity contribution < 1.29 is 33.5 Å². The summed E-state index contributed by atoms with van der Waals surface area (Å²) in [6.07, 6.45) is 39.9. The summed E-state index contributed by atoms with van der Waals surface area (Å²) in [4.78, 5) is 22.7. The van der Waals surface area contributed by atoms with Crippen molar-refractivity contribution in [3.8, 4) is 0 Å². The second-order valence-corrected chi connectivity index (χ2v) is 16.2. The number of unbranched alkanes of at least 4 members (excludes halogenated alkanes) is 24. The van der Waals surface area contributed by atoms with Crippen molar-refractivity contribution in [3.05, 3.63) is 24.3 Å². The van der Waals surface area contributed by atoms with Crippen LogP contribution < -0.4 is 11.1 Å². The SMILES string of the molecule is CCCCCCCCCCCCCCCCC/C=C/CC/C=C/C(O)C(COP(=O)(O)OCCN)NC(=O)CC(O)CCCCCCCCCCC. The van der Waals surface area contributed by atoms with Gasteiger partial charge in [-0.3, -0.25) is 13.8 Å². The van der Waals surface area contributed by atoms with Gasteiger partial charge in [-0.05, 0) is 32.1 Å². The van der Waals surface area contributed by atoms with Crippen LogP contribution in [0.15, 0.2) is 24.3 Å². The first kappa shape index (κ1) is 50.9. The maximum absolute atomic E-state index is 12.7. The van der Waals surface area contributed by atoms with Crippen molar-refractivity contribution in [2.24, 2.45) is 5.73 Å². The lowest BCUT2D eigenvalue weighted by atomic mass is 10.0. The van der Waals surface area contributed by atoms with Crippen molar-refractivity contribution in [3.63, 3.8) is 0 Å². The number of nitrogens with two attached hydrogens (primary N) is 1. The van der Waals surface area contributed by atoms with Gasteiger partial charge < -0.3 is 26.2 Å². The molecule has 0 saturated carbocycles. The zero-order chi connectivity index (χ0) is 38.4. The first-order valence-electron chi connectivity index (χ1n) is 21.5. The van der Waals surface area contributed by atoms with Gasteiger partial charge in [-0.15, -0.1) is 0 Å². The fraction of sp³-hybridized carbons (Fsp3) is 0.881. The van der Waals surface area contributed by atoms with Gasteiger partial charge in [-0.25, -0.2) is 4.57 Å². The van der Waals surface area contributed by atoms with Crippen LogP contribution in [-0.2, 0) is 18.4 Å². The largest absolute Gasteiger partial charge is 0.472 e. The molecule has 52 heavy (non-hydrogen) atoms. The van der Waals surface area contributed by atoms with E-state index in [0.29, 0.717) is 12.8 Å². The molecule has 1 amide bonds. The number of phosphoric ester groups is 1. The fourth-order valence-corrected chi connectivity index (χ4v) is 7.07. The van der Waals surface area contributed by atoms with Crippen LogP contribution in [0.3, 0.4) is 0 Å². The molecule has 0 bridgehead atoms. The molecule has 308 valence electrons. The molecule has 0 aromatic carbocycles. The van der Waals surface area contributed by atoms with Gasteiger partial charge >= 0.3 is 7.82 Å². The molecule has 10 heteroatoms. The number of aliphatic hydroxyl groups is 2. The Labute approximate surface area is 320 Å². The quantitative estimate of drug-likeness (QED) is 0.0235. The molecular weight excluding hydrogens is 675 g/mol. The fourth-order valence-electron chi connectivity index (χ4n) is 6.31. The summed E-state index contributed by atoms with van der Waals surface area (Å²) in [5.41, 5.74) is 5.35. The highest BCUT2D eigenvalue weighted by atomic mass is 31.2. The number of hydrogen-bond acceptors (Lipinski definition) is 7. The summed E-state index contributed by atoms with van der Waals surface area (Å²) in [7, 11) is -4.40. The van der Waals surface area contributed by atoms with E-state index in [1.807, 2.05) is 6.08 Å². The number of allylic oxidation sites excluding steroid dienone is 3. The number of nitrogens with one attached hydrogen (secondary N) is 1. The van der Waals surface area contributed by atoms with Crippen LogP contribution in [0.5, 0.6) is 0 Å². The van der Waals surface area contributed by atoms with E-state index < -0.39 is 38.6 Å². The lowest BCUT2D eigenvalue weighted by molar-refractivity contribution is -0.124. The Kier molecular flexibility index (Phi) is 37.4. The van der Waals surface area contributed by atoms with Gasteiger partial charge in [0.2, 0.25) is 5.91 Å². The highest BCUT2D eigenvalue weighted by molar-refractivity contribution is 7.47. The molecule has 0 saturated heterocycles. The van der Waals surface area contributed by atoms with Gasteiger partial charge in [0.15, 0.2) is 0 Å². The molecule has 4 atom stereocenters. The van der Waals surface area contributed by atoms with Crippen molar-refractivity contribution in [2.45, 2.75) is 218 Å². The van der Waals surface area contributed by atoms with Gasteiger partial charge in [-0.2, -0.15) is 0 Å². The molecule has 0 aliphatic heterocycles. The average molecular weight is 759 g/mol. The topological polar surface area (TPSA) is 151 Å². The van der Waals surface area contributed by atoms with Crippen molar-refractivity contribution >= 4 is 13.7 Å². The Morgan fingerprint density at radius 1 is 0.654 bits per heavy atom. The van der Waals surface area contributed by atoms with E-state index in [0.717, 1.165) is 32.1 Å². The molecule has 0 aliphatic carbocycles. The highest BCUT2D eigenvalue weighted by Gasteiger charge is 2.27. The predicted octanol–water partition coefficient (Wildman–Crippen LogP) is 10.8. The molecule has 0 rings (SSSR count). The first-order valence-corrected chi connectivity index (χ1v) is 23.0. The van der Waals surface area contributed by atoms with Gasteiger partial charge in [0.05, 0.1) is 37.9 Å². The summed E-state index contributed by atoms with van der Waals surface area (Å²) in [5.74, 6) is -0.457. The first-order chi connectivity index (χ1) is 25.3. The molecule has 0 radical (unpaired) electrons. The Balaban J connectivity index is 4.31. The van der Waals surface area contributed by atoms with E-state index in [1.54, 1.807) is 6.08 Å². The van der Waals surface area contributed by atoms with Crippen LogP contribution in [0.25, 0.3) is 0 Å². The van der Waals surface area contributed by atoms with Gasteiger partial charge in [0.1, 0.15) is 0 Å². The van der Waals surface area contributed by atoms with E-state index >= 15 is 0 Å². The molecule has 4 unspecified atom stereocenters. The monoisotopic (exact) mass is 759 g/mol. The van der Waals surface area contributed by atoms with E-state index in [9.17, 15) is 24.5 Å². The second-order valence-electron chi connectivity index (χ2n) is 14.7. The van der Waals surface area contributed by atoms with Crippen molar-refractivity contribution in [1.29, 1.82) is 0 Å². The number of phosphoric acid groups is 1. The minimum atomic E-state index is -4.40. The summed E-state index contributed by atoms with van der Waals surface area (Å²) in [6.45, 7) is 3.93. The van der Waals surface area contributed by atoms with E-state index in [2.05, 4.69) is 31.3 Å². The molecule has 0 aliphatic rings. The molecular formula is C42H83N2O7P. The Morgan fingerprint density at radius 2 is 1.10 bits per heavy atom. The smallest absolute Gasteiger partial charge is 0.393 e. The average Bonchev–Trinajstić information content (AvgIpc) is 3.12. The lowest BCUT2D eigenvalue weighted by Gasteiger charge is -2.24. The van der Waals surface area contributed by atoms with E-state index in [1.165, 1.54) is 135 Å². The number of hydrogen-bond donors (Lipinski definition) is 5. The highest BCUT2D eigenvalue weighted by Crippen LogP contribution is 2.43. The van der Waals surface area contributed by atoms with E-state index in [-0.39, 0.29) is 19.6 Å². The van der Waals surface area contributed by atoms with E-state index in [4.69, 9.17) is 14.8 Å². The Bertz CT molecular complexity index is 888. The molecule has 0 fully saturated rings. The minimum Gasteiger partial charge on any atom is -0.393 e. The van der Waals surface area contributed by atoms with Crippen LogP contribution in [-0.4, -0.2) is 59.0 Å². The van der Waals surface area contributed by atoms with Crippen LogP contribution in [0.1, 0.15) is 200 Å². The van der Waals surface area contributed by atoms with Gasteiger partial charge in [-0.1, -0.05) is 186 Å². The zero-order valence-electron chi connectivity index (χ0n) is 33.7. The predicted molar refractivity (Wildman–Crippen MR) is 218 cm³/mol. The molecule has 0 spiro atoms. The third kappa shape index (κ3) is 35.9. The maximum atomic E-state index is 12.7. The summed E-state index contributed by atoms with van der Waals surface area (Å²) in [5, 5.41) is 23.9. The summed E-state index contributed by atoms with van der Waals surface area (Å²) < 4.78 is 22.0. The summed E-state index contributed by atoms with van der Waals surface area (Å²) in [6, 6.07) is -0.994. The number of carbonyl (C=O) groups excluding carboxylic acids is 1. The third-order valence-electron chi connectivity index (χ3n) is 9.58. The molecule has 0 heterocycles. The Morgan fingerprint density at radius 3 is 1.60 bits per heavy atom. The number of aliphatic hydroxyl groups excluding tert-OH is 2. The summed E-state index contributed by atoms with van der Waals surface area (Å²) >= 11 is 0. The molecule has 9 nitrogen and oxygen atoms in total. The number of carbonyl (C=O) groups is 1. The van der Waals surface area contributed by atoms with Crippen LogP contribution in [0, 0.1) is 0 Å². The van der Waals surface area contributed by atoms with Crippen molar-refractivity contribution in [2.75, 3.05) is 19.8 Å². The van der Waals surface area contributed by atoms with Gasteiger partial charge in [0.25, 0.3) is 0 Å². The molecule has 0 aromatic heterocycles. The number of rotatable bonds is 40. The second kappa shape index (κ2) is 38.2. The maximum Gasteiger partial charge on any atom is 0.472 e. The molecule has 6 N–H and O–H groups in total. The van der Waals surface area contributed by atoms with Crippen molar-refractivity contribution in [1.82, 2.24) is 5.32 Å². The molecule has 0 aromatic rings. The Hall–Kier alpha value is -1.06. The van der Waals surface area contributed by atoms with Gasteiger partial charge in [0, 0.05) is 6.54 Å². The number of amides is 1. The normalized spacial score (nSPS) is 15.0. The van der Waals surface area contributed by atoms with Crippen LogP contribution in [0.4, 0.5) is 0 Å².